The highest BCUT2D eigenvalue weighted by Crippen LogP contribution is 2.35. The summed E-state index contributed by atoms with van der Waals surface area (Å²) in [4.78, 5) is 2.53. The van der Waals surface area contributed by atoms with Gasteiger partial charge in [-0.2, -0.15) is 0 Å². The molecule has 3 rings (SSSR count). The van der Waals surface area contributed by atoms with Gasteiger partial charge in [0.1, 0.15) is 5.82 Å². The van der Waals surface area contributed by atoms with Crippen molar-refractivity contribution in [2.45, 2.75) is 31.3 Å². The second-order valence-electron chi connectivity index (χ2n) is 5.10. The molecule has 1 N–H and O–H groups in total. The van der Waals surface area contributed by atoms with E-state index >= 15 is 0 Å². The Balaban J connectivity index is 1.69. The van der Waals surface area contributed by atoms with Crippen LogP contribution in [0.5, 0.6) is 0 Å². The van der Waals surface area contributed by atoms with Gasteiger partial charge in [-0.05, 0) is 47.3 Å². The maximum atomic E-state index is 13.1. The van der Waals surface area contributed by atoms with E-state index in [1.54, 1.807) is 0 Å². The minimum absolute atomic E-state index is 0.316. The Morgan fingerprint density at radius 1 is 1.33 bits per heavy atom. The molecule has 0 amide bonds. The molecule has 1 saturated heterocycles. The van der Waals surface area contributed by atoms with Crippen LogP contribution in [0.2, 0.25) is 5.02 Å². The second kappa shape index (κ2) is 4.99. The van der Waals surface area contributed by atoms with Crippen LogP contribution in [0.1, 0.15) is 19.3 Å². The second-order valence-corrected chi connectivity index (χ2v) is 6.36. The Kier molecular flexibility index (Phi) is 3.52. The van der Waals surface area contributed by atoms with Crippen molar-refractivity contribution in [3.63, 3.8) is 0 Å². The lowest BCUT2D eigenvalue weighted by molar-refractivity contribution is 0.326. The third-order valence-electron chi connectivity index (χ3n) is 3.64. The average molecular weight is 334 g/mol. The fourth-order valence-corrected chi connectivity index (χ4v) is 3.48. The molecule has 1 aliphatic heterocycles. The predicted molar refractivity (Wildman–Crippen MR) is 75.7 cm³/mol. The molecule has 98 valence electrons. The number of nitrogens with one attached hydrogen (secondary N) is 1. The van der Waals surface area contributed by atoms with Gasteiger partial charge in [-0.3, -0.25) is 4.90 Å². The number of benzene rings is 1. The fraction of sp³-hybridized carbons (Fsp3) is 0.538. The summed E-state index contributed by atoms with van der Waals surface area (Å²) >= 11 is 9.44. The van der Waals surface area contributed by atoms with Crippen molar-refractivity contribution < 1.29 is 4.39 Å². The Labute approximate surface area is 120 Å². The molecule has 2 fully saturated rings. The number of rotatable bonds is 3. The molecule has 0 bridgehead atoms. The predicted octanol–water partition coefficient (Wildman–Crippen LogP) is 3.89. The van der Waals surface area contributed by atoms with Crippen molar-refractivity contribution in [1.82, 2.24) is 4.90 Å². The van der Waals surface area contributed by atoms with Gasteiger partial charge in [0.2, 0.25) is 0 Å². The number of hydrogen-bond acceptors (Lipinski definition) is 2. The summed E-state index contributed by atoms with van der Waals surface area (Å²) in [5.41, 5.74) is 0.806. The lowest BCUT2D eigenvalue weighted by Gasteiger charge is -2.18. The first kappa shape index (κ1) is 12.7. The van der Waals surface area contributed by atoms with Crippen LogP contribution in [0.25, 0.3) is 0 Å². The molecule has 1 aliphatic carbocycles. The van der Waals surface area contributed by atoms with Crippen LogP contribution in [0.4, 0.5) is 10.1 Å². The van der Waals surface area contributed by atoms with Gasteiger partial charge in [0.15, 0.2) is 0 Å². The van der Waals surface area contributed by atoms with Gasteiger partial charge in [0, 0.05) is 29.6 Å². The van der Waals surface area contributed by atoms with Crippen molar-refractivity contribution >= 4 is 33.2 Å². The van der Waals surface area contributed by atoms with Crippen LogP contribution in [-0.2, 0) is 0 Å². The molecule has 5 heteroatoms. The number of nitrogens with zero attached hydrogens (tertiary/aromatic N) is 1. The maximum absolute atomic E-state index is 13.1. The molecule has 1 aromatic carbocycles. The lowest BCUT2D eigenvalue weighted by Crippen LogP contribution is -2.27. The van der Waals surface area contributed by atoms with Crippen LogP contribution in [-0.4, -0.2) is 30.1 Å². The summed E-state index contributed by atoms with van der Waals surface area (Å²) in [7, 11) is 0. The van der Waals surface area contributed by atoms with E-state index < -0.39 is 0 Å². The van der Waals surface area contributed by atoms with Gasteiger partial charge < -0.3 is 5.32 Å². The zero-order chi connectivity index (χ0) is 12.7. The SMILES string of the molecule is Fc1cc(Cl)c(NC2CCN(C3CC3)C2)c(Br)c1. The molecule has 0 aromatic heterocycles. The van der Waals surface area contributed by atoms with E-state index in [2.05, 4.69) is 26.1 Å². The molecule has 0 spiro atoms. The minimum atomic E-state index is -0.316. The lowest BCUT2D eigenvalue weighted by atomic mass is 10.2. The molecule has 1 saturated carbocycles. The van der Waals surface area contributed by atoms with E-state index in [1.165, 1.54) is 25.0 Å². The van der Waals surface area contributed by atoms with Crippen LogP contribution in [0, 0.1) is 5.82 Å². The van der Waals surface area contributed by atoms with Crippen LogP contribution in [0.15, 0.2) is 16.6 Å². The highest BCUT2D eigenvalue weighted by atomic mass is 79.9. The first-order valence-corrected chi connectivity index (χ1v) is 7.45. The summed E-state index contributed by atoms with van der Waals surface area (Å²) in [6, 6.07) is 4.01. The minimum Gasteiger partial charge on any atom is -0.379 e. The Hall–Kier alpha value is -0.320. The van der Waals surface area contributed by atoms with Gasteiger partial charge >= 0.3 is 0 Å². The van der Waals surface area contributed by atoms with E-state index in [1.807, 2.05) is 0 Å². The zero-order valence-corrected chi connectivity index (χ0v) is 12.3. The standard InChI is InChI=1S/C13H15BrClFN2/c14-11-5-8(16)6-12(15)13(11)17-9-3-4-18(7-9)10-1-2-10/h5-6,9-10,17H,1-4,7H2. The van der Waals surface area contributed by atoms with Crippen LogP contribution in [0.3, 0.4) is 0 Å². The van der Waals surface area contributed by atoms with E-state index in [0.717, 1.165) is 31.2 Å². The maximum Gasteiger partial charge on any atom is 0.125 e. The molecule has 1 aromatic rings. The van der Waals surface area contributed by atoms with Crippen LogP contribution >= 0.6 is 27.5 Å². The summed E-state index contributed by atoms with van der Waals surface area (Å²) < 4.78 is 13.8. The molecule has 2 aliphatic rings. The van der Waals surface area contributed by atoms with E-state index in [-0.39, 0.29) is 5.82 Å². The molecule has 0 radical (unpaired) electrons. The topological polar surface area (TPSA) is 15.3 Å². The van der Waals surface area contributed by atoms with E-state index in [9.17, 15) is 4.39 Å². The number of anilines is 1. The van der Waals surface area contributed by atoms with E-state index in [0.29, 0.717) is 15.5 Å². The Bertz CT molecular complexity index is 441. The van der Waals surface area contributed by atoms with Crippen molar-refractivity contribution in [1.29, 1.82) is 0 Å². The van der Waals surface area contributed by atoms with E-state index in [4.69, 9.17) is 11.6 Å². The summed E-state index contributed by atoms with van der Waals surface area (Å²) in [5.74, 6) is -0.316. The Morgan fingerprint density at radius 2 is 2.11 bits per heavy atom. The highest BCUT2D eigenvalue weighted by Gasteiger charge is 2.34. The van der Waals surface area contributed by atoms with Gasteiger partial charge in [-0.1, -0.05) is 11.6 Å². The van der Waals surface area contributed by atoms with Crippen molar-refractivity contribution in [3.8, 4) is 0 Å². The van der Waals surface area contributed by atoms with Gasteiger partial charge in [0.25, 0.3) is 0 Å². The van der Waals surface area contributed by atoms with Gasteiger partial charge in [-0.15, -0.1) is 0 Å². The Morgan fingerprint density at radius 3 is 2.78 bits per heavy atom. The molecular weight excluding hydrogens is 319 g/mol. The monoisotopic (exact) mass is 332 g/mol. The van der Waals surface area contributed by atoms with Crippen molar-refractivity contribution in [2.75, 3.05) is 18.4 Å². The molecular formula is C13H15BrClFN2. The van der Waals surface area contributed by atoms with Crippen molar-refractivity contribution in [2.24, 2.45) is 0 Å². The van der Waals surface area contributed by atoms with Crippen LogP contribution < -0.4 is 5.32 Å². The molecule has 1 heterocycles. The third kappa shape index (κ3) is 2.65. The summed E-state index contributed by atoms with van der Waals surface area (Å²) in [5, 5.41) is 3.87. The average Bonchev–Trinajstić information content (AvgIpc) is 3.04. The normalized spacial score (nSPS) is 24.5. The first-order valence-electron chi connectivity index (χ1n) is 6.28. The fourth-order valence-electron chi connectivity index (χ4n) is 2.56. The molecule has 2 nitrogen and oxygen atoms in total. The number of likely N-dealkylation sites (tertiary alicyclic amines) is 1. The molecule has 18 heavy (non-hydrogen) atoms. The summed E-state index contributed by atoms with van der Waals surface area (Å²) in [6.07, 6.45) is 3.80. The highest BCUT2D eigenvalue weighted by molar-refractivity contribution is 9.10. The largest absolute Gasteiger partial charge is 0.379 e. The number of hydrogen-bond donors (Lipinski definition) is 1. The first-order chi connectivity index (χ1) is 8.63. The quantitative estimate of drug-likeness (QED) is 0.903. The third-order valence-corrected chi connectivity index (χ3v) is 4.56. The van der Waals surface area contributed by atoms with Gasteiger partial charge in [-0.25, -0.2) is 4.39 Å². The summed E-state index contributed by atoms with van der Waals surface area (Å²) in [6.45, 7) is 2.21. The van der Waals surface area contributed by atoms with Crippen molar-refractivity contribution in [3.05, 3.63) is 27.4 Å². The molecule has 1 atom stereocenters. The van der Waals surface area contributed by atoms with Gasteiger partial charge in [0.05, 0.1) is 10.7 Å². The zero-order valence-electron chi connectivity index (χ0n) is 9.93. The number of halogens is 3. The molecule has 1 unspecified atom stereocenters. The smallest absolute Gasteiger partial charge is 0.125 e.